The quantitative estimate of drug-likeness (QED) is 0.855. The summed E-state index contributed by atoms with van der Waals surface area (Å²) in [5.41, 5.74) is 0.0571. The molecule has 6 heteroatoms. The number of hydrogen-bond acceptors (Lipinski definition) is 4. The van der Waals surface area contributed by atoms with Gasteiger partial charge < -0.3 is 10.4 Å². The predicted molar refractivity (Wildman–Crippen MR) is 62.2 cm³/mol. The highest BCUT2D eigenvalue weighted by atomic mass is 32.2. The van der Waals surface area contributed by atoms with Gasteiger partial charge in [0.15, 0.2) is 9.84 Å². The molecule has 1 aromatic rings. The first kappa shape index (κ1) is 12.3. The molecule has 0 radical (unpaired) electrons. The molecule has 2 rings (SSSR count). The van der Waals surface area contributed by atoms with Gasteiger partial charge in [-0.3, -0.25) is 0 Å². The highest BCUT2D eigenvalue weighted by Gasteiger charge is 2.31. The zero-order valence-corrected chi connectivity index (χ0v) is 10.0. The maximum Gasteiger partial charge on any atom is 0.182 e. The van der Waals surface area contributed by atoms with Crippen LogP contribution in [-0.2, 0) is 9.84 Å². The number of nitrogens with one attached hydrogen (secondary N) is 1. The Morgan fingerprint density at radius 3 is 2.94 bits per heavy atom. The van der Waals surface area contributed by atoms with Crippen LogP contribution in [0.4, 0.5) is 10.1 Å². The predicted octanol–water partition coefficient (Wildman–Crippen LogP) is 1.17. The van der Waals surface area contributed by atoms with Crippen LogP contribution in [0.3, 0.4) is 0 Å². The van der Waals surface area contributed by atoms with Crippen LogP contribution in [0.15, 0.2) is 23.1 Å². The highest BCUT2D eigenvalue weighted by Crippen LogP contribution is 2.31. The Bertz CT molecular complexity index is 515. The van der Waals surface area contributed by atoms with Crippen molar-refractivity contribution >= 4 is 15.5 Å². The average molecular weight is 259 g/mol. The van der Waals surface area contributed by atoms with Gasteiger partial charge >= 0.3 is 0 Å². The van der Waals surface area contributed by atoms with Gasteiger partial charge in [-0.15, -0.1) is 0 Å². The van der Waals surface area contributed by atoms with Crippen LogP contribution in [-0.4, -0.2) is 31.9 Å². The van der Waals surface area contributed by atoms with Gasteiger partial charge in [-0.25, -0.2) is 12.8 Å². The molecule has 0 saturated carbocycles. The summed E-state index contributed by atoms with van der Waals surface area (Å²) in [4.78, 5) is 0.0257. The molecule has 0 fully saturated rings. The van der Waals surface area contributed by atoms with Crippen molar-refractivity contribution in [1.82, 2.24) is 0 Å². The smallest absolute Gasteiger partial charge is 0.182 e. The first-order valence-corrected chi connectivity index (χ1v) is 7.08. The van der Waals surface area contributed by atoms with E-state index < -0.39 is 15.7 Å². The van der Waals surface area contributed by atoms with E-state index in [-0.39, 0.29) is 29.0 Å². The zero-order valence-electron chi connectivity index (χ0n) is 9.19. The SMILES string of the molecule is O=S1(=O)CC(CCCO)Nc2c(F)cccc21. The fourth-order valence-electron chi connectivity index (χ4n) is 2.00. The molecule has 1 heterocycles. The molecule has 0 bridgehead atoms. The van der Waals surface area contributed by atoms with Crippen LogP contribution in [0.5, 0.6) is 0 Å². The minimum absolute atomic E-state index is 0.00234. The summed E-state index contributed by atoms with van der Waals surface area (Å²) in [6, 6.07) is 3.69. The topological polar surface area (TPSA) is 66.4 Å². The summed E-state index contributed by atoms with van der Waals surface area (Å²) in [5.74, 6) is -0.608. The van der Waals surface area contributed by atoms with Crippen LogP contribution in [0.1, 0.15) is 12.8 Å². The van der Waals surface area contributed by atoms with Crippen molar-refractivity contribution < 1.29 is 17.9 Å². The van der Waals surface area contributed by atoms with Crippen LogP contribution in [0.2, 0.25) is 0 Å². The molecule has 1 atom stereocenters. The molecule has 1 aliphatic rings. The second-order valence-electron chi connectivity index (χ2n) is 4.10. The van der Waals surface area contributed by atoms with E-state index in [0.29, 0.717) is 12.8 Å². The van der Waals surface area contributed by atoms with Gasteiger partial charge in [0.25, 0.3) is 0 Å². The molecule has 0 aliphatic carbocycles. The molecule has 1 unspecified atom stereocenters. The third kappa shape index (κ3) is 2.42. The van der Waals surface area contributed by atoms with Crippen molar-refractivity contribution in [3.63, 3.8) is 0 Å². The lowest BCUT2D eigenvalue weighted by Crippen LogP contribution is -2.34. The number of hydrogen-bond donors (Lipinski definition) is 2. The second kappa shape index (κ2) is 4.62. The molecule has 0 aromatic heterocycles. The van der Waals surface area contributed by atoms with Gasteiger partial charge in [-0.05, 0) is 25.0 Å². The van der Waals surface area contributed by atoms with E-state index in [1.807, 2.05) is 0 Å². The van der Waals surface area contributed by atoms with Gasteiger partial charge in [-0.2, -0.15) is 0 Å². The first-order chi connectivity index (χ1) is 8.04. The second-order valence-corrected chi connectivity index (χ2v) is 6.10. The zero-order chi connectivity index (χ0) is 12.5. The summed E-state index contributed by atoms with van der Waals surface area (Å²) in [5, 5.41) is 11.6. The van der Waals surface area contributed by atoms with Crippen molar-refractivity contribution in [2.45, 2.75) is 23.8 Å². The molecule has 0 amide bonds. The molecule has 4 nitrogen and oxygen atoms in total. The third-order valence-corrected chi connectivity index (χ3v) is 4.64. The lowest BCUT2D eigenvalue weighted by molar-refractivity contribution is 0.282. The van der Waals surface area contributed by atoms with E-state index in [4.69, 9.17) is 5.11 Å². The number of benzene rings is 1. The van der Waals surface area contributed by atoms with Gasteiger partial charge in [0.2, 0.25) is 0 Å². The average Bonchev–Trinajstić information content (AvgIpc) is 2.27. The molecular formula is C11H14FNO3S. The van der Waals surface area contributed by atoms with E-state index in [0.717, 1.165) is 0 Å². The van der Waals surface area contributed by atoms with Gasteiger partial charge in [0, 0.05) is 12.6 Å². The Morgan fingerprint density at radius 1 is 1.47 bits per heavy atom. The van der Waals surface area contributed by atoms with E-state index in [1.165, 1.54) is 18.2 Å². The number of sulfone groups is 1. The molecule has 1 aliphatic heterocycles. The van der Waals surface area contributed by atoms with E-state index in [9.17, 15) is 12.8 Å². The molecule has 0 spiro atoms. The van der Waals surface area contributed by atoms with Gasteiger partial charge in [-0.1, -0.05) is 6.07 Å². The molecular weight excluding hydrogens is 245 g/mol. The number of anilines is 1. The van der Waals surface area contributed by atoms with Crippen molar-refractivity contribution in [2.75, 3.05) is 17.7 Å². The minimum Gasteiger partial charge on any atom is -0.396 e. The Kier molecular flexibility index (Phi) is 3.35. The molecule has 2 N–H and O–H groups in total. The van der Waals surface area contributed by atoms with Crippen LogP contribution in [0, 0.1) is 5.82 Å². The summed E-state index contributed by atoms with van der Waals surface area (Å²) in [6.07, 6.45) is 1.00. The van der Waals surface area contributed by atoms with E-state index in [1.54, 1.807) is 0 Å². The number of rotatable bonds is 3. The Labute approximate surface area is 99.4 Å². The fourth-order valence-corrected chi connectivity index (χ4v) is 3.71. The summed E-state index contributed by atoms with van der Waals surface area (Å²) < 4.78 is 37.4. The largest absolute Gasteiger partial charge is 0.396 e. The summed E-state index contributed by atoms with van der Waals surface area (Å²) >= 11 is 0. The maximum atomic E-state index is 13.5. The van der Waals surface area contributed by atoms with Crippen LogP contribution < -0.4 is 5.32 Å². The van der Waals surface area contributed by atoms with Crippen molar-refractivity contribution in [3.8, 4) is 0 Å². The molecule has 94 valence electrons. The van der Waals surface area contributed by atoms with Crippen LogP contribution >= 0.6 is 0 Å². The Balaban J connectivity index is 2.35. The van der Waals surface area contributed by atoms with E-state index in [2.05, 4.69) is 5.32 Å². The monoisotopic (exact) mass is 259 g/mol. The fraction of sp³-hybridized carbons (Fsp3) is 0.455. The normalized spacial score (nSPS) is 21.6. The number of aliphatic hydroxyl groups is 1. The van der Waals surface area contributed by atoms with Crippen molar-refractivity contribution in [3.05, 3.63) is 24.0 Å². The molecule has 0 saturated heterocycles. The number of para-hydroxylation sites is 1. The van der Waals surface area contributed by atoms with Crippen molar-refractivity contribution in [1.29, 1.82) is 0 Å². The van der Waals surface area contributed by atoms with Gasteiger partial charge in [0.1, 0.15) is 5.82 Å². The highest BCUT2D eigenvalue weighted by molar-refractivity contribution is 7.91. The Morgan fingerprint density at radius 2 is 2.24 bits per heavy atom. The molecule has 17 heavy (non-hydrogen) atoms. The van der Waals surface area contributed by atoms with E-state index >= 15 is 0 Å². The number of halogens is 1. The summed E-state index contributed by atoms with van der Waals surface area (Å²) in [6.45, 7) is 0.00234. The number of fused-ring (bicyclic) bond motifs is 1. The lowest BCUT2D eigenvalue weighted by Gasteiger charge is -2.27. The standard InChI is InChI=1S/C11H14FNO3S/c12-9-4-1-5-10-11(9)13-8(3-2-6-14)7-17(10,15)16/h1,4-5,8,13-14H,2-3,6-7H2. The summed E-state index contributed by atoms with van der Waals surface area (Å²) in [7, 11) is -3.43. The first-order valence-electron chi connectivity index (χ1n) is 5.43. The third-order valence-electron chi connectivity index (χ3n) is 2.79. The van der Waals surface area contributed by atoms with Crippen LogP contribution in [0.25, 0.3) is 0 Å². The maximum absolute atomic E-state index is 13.5. The minimum atomic E-state index is -3.43. The van der Waals surface area contributed by atoms with Gasteiger partial charge in [0.05, 0.1) is 16.3 Å². The molecule has 1 aromatic carbocycles. The lowest BCUT2D eigenvalue weighted by atomic mass is 10.1. The Hall–Kier alpha value is -1.14. The van der Waals surface area contributed by atoms with Crippen molar-refractivity contribution in [2.24, 2.45) is 0 Å². The number of aliphatic hydroxyl groups excluding tert-OH is 1.